The van der Waals surface area contributed by atoms with Gasteiger partial charge in [-0.1, -0.05) is 19.8 Å². The quantitative estimate of drug-likeness (QED) is 0.667. The Kier molecular flexibility index (Phi) is 8.62. The molecule has 0 heterocycles. The second-order valence-corrected chi connectivity index (χ2v) is 5.91. The van der Waals surface area contributed by atoms with Crippen molar-refractivity contribution in [3.8, 4) is 0 Å². The van der Waals surface area contributed by atoms with Gasteiger partial charge in [-0.2, -0.15) is 0 Å². The molecule has 3 N–H and O–H groups in total. The number of rotatable bonds is 9. The SMILES string of the molecule is CCCC1CCC(N)C(CN(CCO)CCOC)C1. The minimum atomic E-state index is 0.212. The van der Waals surface area contributed by atoms with Crippen LogP contribution in [0, 0.1) is 11.8 Å². The summed E-state index contributed by atoms with van der Waals surface area (Å²) in [4.78, 5) is 2.29. The lowest BCUT2D eigenvalue weighted by molar-refractivity contribution is 0.0985. The minimum Gasteiger partial charge on any atom is -0.395 e. The van der Waals surface area contributed by atoms with Crippen LogP contribution < -0.4 is 5.73 Å². The molecule has 0 radical (unpaired) electrons. The molecule has 114 valence electrons. The van der Waals surface area contributed by atoms with Crippen molar-refractivity contribution in [1.82, 2.24) is 4.90 Å². The van der Waals surface area contributed by atoms with Crippen LogP contribution in [0.1, 0.15) is 39.0 Å². The first-order valence-corrected chi connectivity index (χ1v) is 7.79. The normalized spacial score (nSPS) is 27.9. The average Bonchev–Trinajstić information content (AvgIpc) is 2.40. The molecule has 4 nitrogen and oxygen atoms in total. The fraction of sp³-hybridized carbons (Fsp3) is 1.00. The van der Waals surface area contributed by atoms with E-state index in [9.17, 15) is 0 Å². The van der Waals surface area contributed by atoms with Crippen molar-refractivity contribution in [2.24, 2.45) is 17.6 Å². The first-order chi connectivity index (χ1) is 9.21. The molecule has 0 aromatic heterocycles. The number of methoxy groups -OCH3 is 1. The summed E-state index contributed by atoms with van der Waals surface area (Å²) in [6.07, 6.45) is 6.32. The van der Waals surface area contributed by atoms with E-state index in [0.717, 1.165) is 38.6 Å². The molecule has 0 aromatic rings. The van der Waals surface area contributed by atoms with Crippen LogP contribution in [0.5, 0.6) is 0 Å². The summed E-state index contributed by atoms with van der Waals surface area (Å²) in [6.45, 7) is 5.82. The van der Waals surface area contributed by atoms with Gasteiger partial charge in [-0.15, -0.1) is 0 Å². The standard InChI is InChI=1S/C15H32N2O2/c1-3-4-13-5-6-15(16)14(11-13)12-17(7-9-18)8-10-19-2/h13-15,18H,3-12,16H2,1-2H3. The van der Waals surface area contributed by atoms with E-state index in [1.807, 2.05) is 0 Å². The van der Waals surface area contributed by atoms with Gasteiger partial charge in [-0.25, -0.2) is 0 Å². The molecule has 19 heavy (non-hydrogen) atoms. The van der Waals surface area contributed by atoms with E-state index in [0.29, 0.717) is 12.0 Å². The lowest BCUT2D eigenvalue weighted by atomic mass is 9.76. The highest BCUT2D eigenvalue weighted by atomic mass is 16.5. The highest BCUT2D eigenvalue weighted by Crippen LogP contribution is 2.31. The highest BCUT2D eigenvalue weighted by Gasteiger charge is 2.28. The summed E-state index contributed by atoms with van der Waals surface area (Å²) in [7, 11) is 1.72. The molecule has 3 unspecified atom stereocenters. The maximum Gasteiger partial charge on any atom is 0.0589 e. The molecule has 1 rings (SSSR count). The second-order valence-electron chi connectivity index (χ2n) is 5.91. The third-order valence-corrected chi connectivity index (χ3v) is 4.37. The minimum absolute atomic E-state index is 0.212. The molecule has 1 aliphatic carbocycles. The Labute approximate surface area is 118 Å². The van der Waals surface area contributed by atoms with Crippen LogP contribution >= 0.6 is 0 Å². The third-order valence-electron chi connectivity index (χ3n) is 4.37. The molecule has 4 heteroatoms. The van der Waals surface area contributed by atoms with Crippen molar-refractivity contribution in [2.75, 3.05) is 40.0 Å². The van der Waals surface area contributed by atoms with E-state index in [4.69, 9.17) is 15.6 Å². The molecule has 0 spiro atoms. The van der Waals surface area contributed by atoms with Gasteiger partial charge >= 0.3 is 0 Å². The molecule has 3 atom stereocenters. The number of ether oxygens (including phenoxy) is 1. The van der Waals surface area contributed by atoms with Gasteiger partial charge in [0, 0.05) is 32.8 Å². The highest BCUT2D eigenvalue weighted by molar-refractivity contribution is 4.84. The number of nitrogens with zero attached hydrogens (tertiary/aromatic N) is 1. The van der Waals surface area contributed by atoms with Crippen LogP contribution in [0.4, 0.5) is 0 Å². The van der Waals surface area contributed by atoms with E-state index in [1.165, 1.54) is 25.7 Å². The average molecular weight is 272 g/mol. The summed E-state index contributed by atoms with van der Waals surface area (Å²) in [5.41, 5.74) is 6.29. The van der Waals surface area contributed by atoms with Crippen LogP contribution in [-0.4, -0.2) is 56.0 Å². The van der Waals surface area contributed by atoms with Gasteiger partial charge in [0.2, 0.25) is 0 Å². The van der Waals surface area contributed by atoms with E-state index >= 15 is 0 Å². The van der Waals surface area contributed by atoms with Crippen molar-refractivity contribution < 1.29 is 9.84 Å². The molecule has 0 aliphatic heterocycles. The van der Waals surface area contributed by atoms with Crippen molar-refractivity contribution in [3.05, 3.63) is 0 Å². The van der Waals surface area contributed by atoms with Crippen molar-refractivity contribution in [1.29, 1.82) is 0 Å². The van der Waals surface area contributed by atoms with Gasteiger partial charge in [0.1, 0.15) is 0 Å². The van der Waals surface area contributed by atoms with Crippen LogP contribution in [0.15, 0.2) is 0 Å². The zero-order chi connectivity index (χ0) is 14.1. The molecule has 0 bridgehead atoms. The van der Waals surface area contributed by atoms with Crippen molar-refractivity contribution in [2.45, 2.75) is 45.1 Å². The largest absolute Gasteiger partial charge is 0.395 e. The van der Waals surface area contributed by atoms with Crippen LogP contribution in [0.2, 0.25) is 0 Å². The lowest BCUT2D eigenvalue weighted by Gasteiger charge is -2.37. The van der Waals surface area contributed by atoms with Crippen molar-refractivity contribution >= 4 is 0 Å². The van der Waals surface area contributed by atoms with E-state index in [1.54, 1.807) is 7.11 Å². The first kappa shape index (κ1) is 16.9. The maximum atomic E-state index is 9.15. The Morgan fingerprint density at radius 3 is 2.74 bits per heavy atom. The Bertz CT molecular complexity index is 226. The topological polar surface area (TPSA) is 58.7 Å². The smallest absolute Gasteiger partial charge is 0.0589 e. The van der Waals surface area contributed by atoms with Gasteiger partial charge in [-0.3, -0.25) is 4.90 Å². The number of aliphatic hydroxyl groups excluding tert-OH is 1. The predicted octanol–water partition coefficient (Wildman–Crippen LogP) is 1.47. The number of hydrogen-bond acceptors (Lipinski definition) is 4. The summed E-state index contributed by atoms with van der Waals surface area (Å²) in [5, 5.41) is 9.15. The Morgan fingerprint density at radius 1 is 1.32 bits per heavy atom. The Hall–Kier alpha value is -0.160. The number of hydrogen-bond donors (Lipinski definition) is 2. The summed E-state index contributed by atoms with van der Waals surface area (Å²) in [6, 6.07) is 0.330. The number of nitrogens with two attached hydrogens (primary N) is 1. The Morgan fingerprint density at radius 2 is 2.11 bits per heavy atom. The second kappa shape index (κ2) is 9.70. The van der Waals surface area contributed by atoms with Gasteiger partial charge < -0.3 is 15.6 Å². The van der Waals surface area contributed by atoms with Crippen LogP contribution in [0.3, 0.4) is 0 Å². The fourth-order valence-electron chi connectivity index (χ4n) is 3.25. The third kappa shape index (κ3) is 6.21. The molecule has 0 amide bonds. The van der Waals surface area contributed by atoms with E-state index in [2.05, 4.69) is 11.8 Å². The monoisotopic (exact) mass is 272 g/mol. The zero-order valence-electron chi connectivity index (χ0n) is 12.7. The van der Waals surface area contributed by atoms with E-state index in [-0.39, 0.29) is 6.61 Å². The van der Waals surface area contributed by atoms with Gasteiger partial charge in [0.05, 0.1) is 13.2 Å². The summed E-state index contributed by atoms with van der Waals surface area (Å²) >= 11 is 0. The van der Waals surface area contributed by atoms with Gasteiger partial charge in [0.15, 0.2) is 0 Å². The lowest BCUT2D eigenvalue weighted by Crippen LogP contribution is -2.44. The summed E-state index contributed by atoms with van der Waals surface area (Å²) in [5.74, 6) is 1.43. The molecule has 1 saturated carbocycles. The maximum absolute atomic E-state index is 9.15. The van der Waals surface area contributed by atoms with Gasteiger partial charge in [0.25, 0.3) is 0 Å². The molecule has 0 saturated heterocycles. The van der Waals surface area contributed by atoms with E-state index < -0.39 is 0 Å². The number of aliphatic hydroxyl groups is 1. The molecule has 0 aromatic carbocycles. The molecule has 1 fully saturated rings. The predicted molar refractivity (Wildman–Crippen MR) is 79.1 cm³/mol. The van der Waals surface area contributed by atoms with Crippen molar-refractivity contribution in [3.63, 3.8) is 0 Å². The molecule has 1 aliphatic rings. The molecular weight excluding hydrogens is 240 g/mol. The van der Waals surface area contributed by atoms with Crippen LogP contribution in [0.25, 0.3) is 0 Å². The summed E-state index contributed by atoms with van der Waals surface area (Å²) < 4.78 is 5.14. The fourth-order valence-corrected chi connectivity index (χ4v) is 3.25. The van der Waals surface area contributed by atoms with Crippen LogP contribution in [-0.2, 0) is 4.74 Å². The van der Waals surface area contributed by atoms with Gasteiger partial charge in [-0.05, 0) is 31.1 Å². The first-order valence-electron chi connectivity index (χ1n) is 7.79. The Balaban J connectivity index is 2.44. The zero-order valence-corrected chi connectivity index (χ0v) is 12.7. The molecular formula is C15H32N2O2.